The fourth-order valence-electron chi connectivity index (χ4n) is 10.5. The van der Waals surface area contributed by atoms with Crippen LogP contribution in [0.25, 0.3) is 67.3 Å². The first-order chi connectivity index (χ1) is 30.7. The van der Waals surface area contributed by atoms with E-state index < -0.39 is 8.07 Å². The molecule has 0 saturated carbocycles. The molecule has 3 heterocycles. The summed E-state index contributed by atoms with van der Waals surface area (Å²) in [5.41, 5.74) is 7.87. The summed E-state index contributed by atoms with van der Waals surface area (Å²) in [6, 6.07) is 68.8. The van der Waals surface area contributed by atoms with Crippen molar-refractivity contribution in [1.29, 1.82) is 0 Å². The van der Waals surface area contributed by atoms with Gasteiger partial charge >= 0.3 is 0 Å². The van der Waals surface area contributed by atoms with E-state index in [0.29, 0.717) is 17.8 Å². The van der Waals surface area contributed by atoms with Gasteiger partial charge in [0, 0.05) is 44.7 Å². The van der Waals surface area contributed by atoms with E-state index in [1.54, 1.807) is 0 Å². The molecule has 2 aliphatic rings. The maximum absolute atomic E-state index is 5.52. The van der Waals surface area contributed by atoms with Gasteiger partial charge in [-0.15, -0.1) is 0 Å². The molecular weight excluding hydrogens is 769 g/mol. The van der Waals surface area contributed by atoms with Crippen molar-refractivity contribution in [2.75, 3.05) is 0 Å². The van der Waals surface area contributed by atoms with E-state index in [1.807, 2.05) is 6.20 Å². The highest BCUT2D eigenvalue weighted by atomic mass is 28.3. The molecule has 0 N–H and O–H groups in total. The zero-order valence-corrected chi connectivity index (χ0v) is 35.3. The minimum Gasteiger partial charge on any atom is -0.309 e. The van der Waals surface area contributed by atoms with Crippen LogP contribution in [0.5, 0.6) is 0 Å². The van der Waals surface area contributed by atoms with Crippen LogP contribution in [0.4, 0.5) is 0 Å². The molecule has 2 atom stereocenters. The molecule has 0 spiro atoms. The molecule has 0 bridgehead atoms. The maximum atomic E-state index is 5.52. The summed E-state index contributed by atoms with van der Waals surface area (Å²) in [4.78, 5) is 10.6. The first-order valence-corrected chi connectivity index (χ1v) is 23.5. The minimum atomic E-state index is -2.76. The van der Waals surface area contributed by atoms with Crippen LogP contribution in [0, 0.1) is 11.8 Å². The molecule has 4 nitrogen and oxygen atoms in total. The molecule has 0 amide bonds. The normalized spacial score (nSPS) is 15.8. The van der Waals surface area contributed by atoms with Crippen LogP contribution in [0.3, 0.4) is 0 Å². The van der Waals surface area contributed by atoms with Gasteiger partial charge in [0.2, 0.25) is 5.95 Å². The lowest BCUT2D eigenvalue weighted by Crippen LogP contribution is -2.74. The van der Waals surface area contributed by atoms with Crippen molar-refractivity contribution in [2.24, 2.45) is 11.8 Å². The van der Waals surface area contributed by atoms with E-state index in [1.165, 1.54) is 53.2 Å². The zero-order chi connectivity index (χ0) is 41.2. The fraction of sp³-hybridized carbons (Fsp3) is 0.0526. The first-order valence-electron chi connectivity index (χ1n) is 21.5. The van der Waals surface area contributed by atoms with Crippen LogP contribution in [0.2, 0.25) is 0 Å². The highest BCUT2D eigenvalue weighted by molar-refractivity contribution is 7.19. The Morgan fingerprint density at radius 3 is 1.85 bits per heavy atom. The van der Waals surface area contributed by atoms with Crippen molar-refractivity contribution in [3.05, 3.63) is 229 Å². The van der Waals surface area contributed by atoms with Crippen LogP contribution in [-0.4, -0.2) is 27.2 Å². The minimum absolute atomic E-state index is 0.294. The summed E-state index contributed by atoms with van der Waals surface area (Å²) in [5, 5.41) is 11.4. The summed E-state index contributed by atoms with van der Waals surface area (Å²) >= 11 is 0. The lowest BCUT2D eigenvalue weighted by Gasteiger charge is -2.34. The van der Waals surface area contributed by atoms with Crippen LogP contribution in [0.1, 0.15) is 6.92 Å². The molecule has 10 aromatic rings. The van der Waals surface area contributed by atoms with Gasteiger partial charge in [-0.2, -0.15) is 0 Å². The Labute approximate surface area is 361 Å². The molecule has 0 saturated heterocycles. The Hall–Kier alpha value is -7.60. The number of para-hydroxylation sites is 2. The molecule has 0 radical (unpaired) electrons. The summed E-state index contributed by atoms with van der Waals surface area (Å²) in [6.45, 7) is 2.33. The van der Waals surface area contributed by atoms with Crippen molar-refractivity contribution in [1.82, 2.24) is 19.1 Å². The van der Waals surface area contributed by atoms with Gasteiger partial charge in [-0.25, -0.2) is 9.97 Å². The highest BCUT2D eigenvalue weighted by Crippen LogP contribution is 2.36. The Balaban J connectivity index is 1.12. The Kier molecular flexibility index (Phi) is 8.51. The number of benzene rings is 7. The van der Waals surface area contributed by atoms with Gasteiger partial charge in [-0.05, 0) is 68.6 Å². The fourth-order valence-corrected chi connectivity index (χ4v) is 15.3. The van der Waals surface area contributed by atoms with Gasteiger partial charge in [0.1, 0.15) is 0 Å². The van der Waals surface area contributed by atoms with Crippen molar-refractivity contribution in [3.63, 3.8) is 0 Å². The van der Waals surface area contributed by atoms with Crippen molar-refractivity contribution in [2.45, 2.75) is 6.92 Å². The number of hydrogen-bond acceptors (Lipinski definition) is 2. The van der Waals surface area contributed by atoms with Gasteiger partial charge in [-0.1, -0.05) is 189 Å². The average molecular weight is 811 g/mol. The van der Waals surface area contributed by atoms with Crippen molar-refractivity contribution >= 4 is 73.2 Å². The largest absolute Gasteiger partial charge is 0.309 e. The molecule has 12 rings (SSSR count). The Bertz CT molecular complexity index is 3430. The first kappa shape index (κ1) is 36.3. The zero-order valence-electron chi connectivity index (χ0n) is 34.3. The number of fused-ring (bicyclic) bond motifs is 7. The molecule has 7 aromatic carbocycles. The van der Waals surface area contributed by atoms with Gasteiger partial charge in [0.05, 0.1) is 27.6 Å². The summed E-state index contributed by atoms with van der Waals surface area (Å²) in [5.74, 6) is 1.25. The Morgan fingerprint density at radius 2 is 1.15 bits per heavy atom. The van der Waals surface area contributed by atoms with Gasteiger partial charge in [0.25, 0.3) is 0 Å². The predicted molar refractivity (Wildman–Crippen MR) is 260 cm³/mol. The van der Waals surface area contributed by atoms with E-state index in [-0.39, 0.29) is 0 Å². The lowest BCUT2D eigenvalue weighted by atomic mass is 9.80. The van der Waals surface area contributed by atoms with E-state index in [9.17, 15) is 0 Å². The third-order valence-electron chi connectivity index (χ3n) is 13.2. The lowest BCUT2D eigenvalue weighted by molar-refractivity contribution is 0.645. The molecular formula is C57H42N4Si. The van der Waals surface area contributed by atoms with Crippen molar-refractivity contribution < 1.29 is 0 Å². The number of nitrogens with zero attached hydrogens (tertiary/aromatic N) is 4. The molecule has 294 valence electrons. The number of hydrogen-bond donors (Lipinski definition) is 0. The van der Waals surface area contributed by atoms with Gasteiger partial charge < -0.3 is 4.57 Å². The SMILES string of the molecule is CC1C=c2c(c3cc4c5ccccc5n(-c5ccccc5)c4cc3n2-c2nccc(-c3cccc([Si](c4ccccc4)(c4ccccc4)c4ccccc4)c3)n2)=C2C=CC=CC21. The molecule has 62 heavy (non-hydrogen) atoms. The third-order valence-corrected chi connectivity index (χ3v) is 18.0. The average Bonchev–Trinajstić information content (AvgIpc) is 3.84. The Morgan fingerprint density at radius 1 is 0.516 bits per heavy atom. The maximum Gasteiger partial charge on any atom is 0.235 e. The van der Waals surface area contributed by atoms with Crippen molar-refractivity contribution in [3.8, 4) is 22.9 Å². The number of rotatable bonds is 7. The van der Waals surface area contributed by atoms with Crippen LogP contribution in [-0.2, 0) is 0 Å². The second-order valence-corrected chi connectivity index (χ2v) is 20.4. The molecule has 2 unspecified atom stereocenters. The van der Waals surface area contributed by atoms with Crippen LogP contribution >= 0.6 is 0 Å². The standard InChI is InChI=1S/C57H42N4Si/c1-39-35-55-56(48-31-15-14-29-46(39)48)50-37-49-47-30-16-17-32-52(47)60(41-20-6-2-7-21-41)53(49)38-54(50)61(55)57-58-34-33-51(59-57)40-19-18-28-45(36-40)62(42-22-8-3-9-23-42,43-24-10-4-11-25-43)44-26-12-5-13-27-44/h2-39,46H,1H3. The smallest absolute Gasteiger partial charge is 0.235 e. The summed E-state index contributed by atoms with van der Waals surface area (Å²) in [6.07, 6.45) is 13.4. The molecule has 2 aliphatic carbocycles. The summed E-state index contributed by atoms with van der Waals surface area (Å²) in [7, 11) is -2.76. The second-order valence-electron chi connectivity index (χ2n) is 16.6. The molecule has 5 heteroatoms. The van der Waals surface area contributed by atoms with Crippen LogP contribution in [0.15, 0.2) is 219 Å². The van der Waals surface area contributed by atoms with E-state index in [0.717, 1.165) is 33.3 Å². The second kappa shape index (κ2) is 14.5. The van der Waals surface area contributed by atoms with Crippen LogP contribution < -0.4 is 31.3 Å². The predicted octanol–water partition coefficient (Wildman–Crippen LogP) is 8.89. The van der Waals surface area contributed by atoms with E-state index >= 15 is 0 Å². The monoisotopic (exact) mass is 810 g/mol. The molecule has 3 aromatic heterocycles. The van der Waals surface area contributed by atoms with Gasteiger partial charge in [-0.3, -0.25) is 4.57 Å². The van der Waals surface area contributed by atoms with E-state index in [4.69, 9.17) is 9.97 Å². The van der Waals surface area contributed by atoms with E-state index in [2.05, 4.69) is 234 Å². The van der Waals surface area contributed by atoms with Gasteiger partial charge in [0.15, 0.2) is 8.07 Å². The molecule has 0 aliphatic heterocycles. The number of aromatic nitrogens is 4. The third kappa shape index (κ3) is 5.52. The topological polar surface area (TPSA) is 35.6 Å². The molecule has 0 fully saturated rings. The quantitative estimate of drug-likeness (QED) is 0.119. The number of allylic oxidation sites excluding steroid dienone is 4. The highest BCUT2D eigenvalue weighted by Gasteiger charge is 2.41. The summed E-state index contributed by atoms with van der Waals surface area (Å²) < 4.78 is 4.73.